The molecule has 0 aliphatic heterocycles. The van der Waals surface area contributed by atoms with Crippen LogP contribution in [0.1, 0.15) is 6.42 Å². The van der Waals surface area contributed by atoms with Gasteiger partial charge < -0.3 is 9.84 Å². The zero-order valence-electron chi connectivity index (χ0n) is 8.32. The van der Waals surface area contributed by atoms with Crippen molar-refractivity contribution in [3.05, 3.63) is 40.4 Å². The molecule has 1 N–H and O–H groups in total. The van der Waals surface area contributed by atoms with Crippen LogP contribution in [0.4, 0.5) is 0 Å². The molecule has 86 valence electrons. The number of hydrogen-bond donors (Lipinski definition) is 1. The molecule has 0 radical (unpaired) electrons. The van der Waals surface area contributed by atoms with Gasteiger partial charge in [-0.1, -0.05) is 29.3 Å². The molecular weight excluding hydrogens is 251 g/mol. The summed E-state index contributed by atoms with van der Waals surface area (Å²) in [6.45, 7) is 0.351. The third-order valence-corrected chi connectivity index (χ3v) is 2.24. The van der Waals surface area contributed by atoms with E-state index in [0.717, 1.165) is 6.08 Å². The normalized spacial score (nSPS) is 10.6. The van der Waals surface area contributed by atoms with E-state index in [2.05, 4.69) is 0 Å². The van der Waals surface area contributed by atoms with Crippen LogP contribution in [0.25, 0.3) is 0 Å². The zero-order valence-corrected chi connectivity index (χ0v) is 9.83. The molecule has 0 saturated carbocycles. The first-order valence-corrected chi connectivity index (χ1v) is 5.32. The van der Waals surface area contributed by atoms with E-state index in [1.807, 2.05) is 0 Å². The molecule has 0 amide bonds. The van der Waals surface area contributed by atoms with Gasteiger partial charge in [0, 0.05) is 17.2 Å². The van der Waals surface area contributed by atoms with Gasteiger partial charge in [-0.2, -0.15) is 0 Å². The molecule has 0 unspecified atom stereocenters. The Morgan fingerprint density at radius 1 is 1.44 bits per heavy atom. The summed E-state index contributed by atoms with van der Waals surface area (Å²) in [6, 6.07) is 4.93. The van der Waals surface area contributed by atoms with E-state index in [0.29, 0.717) is 28.8 Å². The van der Waals surface area contributed by atoms with Crippen molar-refractivity contribution in [2.75, 3.05) is 6.61 Å². The molecule has 3 nitrogen and oxygen atoms in total. The molecule has 16 heavy (non-hydrogen) atoms. The van der Waals surface area contributed by atoms with Gasteiger partial charge in [-0.25, -0.2) is 4.79 Å². The first-order chi connectivity index (χ1) is 7.59. The summed E-state index contributed by atoms with van der Waals surface area (Å²) in [5.41, 5.74) is 0. The number of carboxylic acids is 1. The van der Waals surface area contributed by atoms with Crippen LogP contribution >= 0.6 is 23.2 Å². The number of aliphatic carboxylic acids is 1. The molecule has 0 aromatic heterocycles. The monoisotopic (exact) mass is 260 g/mol. The number of carboxylic acid groups (broad SMARTS) is 1. The molecule has 1 rings (SSSR count). The first kappa shape index (κ1) is 12.9. The van der Waals surface area contributed by atoms with E-state index >= 15 is 0 Å². The van der Waals surface area contributed by atoms with Crippen molar-refractivity contribution in [3.8, 4) is 5.75 Å². The maximum Gasteiger partial charge on any atom is 0.327 e. The number of ether oxygens (including phenoxy) is 1. The Bertz CT molecular complexity index is 402. The van der Waals surface area contributed by atoms with Crippen molar-refractivity contribution in [1.82, 2.24) is 0 Å². The van der Waals surface area contributed by atoms with Crippen LogP contribution in [0, 0.1) is 0 Å². The SMILES string of the molecule is O=C(O)/C=C/CCOc1cc(Cl)ccc1Cl. The van der Waals surface area contributed by atoms with Gasteiger partial charge in [0.1, 0.15) is 5.75 Å². The van der Waals surface area contributed by atoms with Crippen molar-refractivity contribution in [3.63, 3.8) is 0 Å². The molecule has 0 saturated heterocycles. The second kappa shape index (κ2) is 6.40. The Hall–Kier alpha value is -1.19. The van der Waals surface area contributed by atoms with Gasteiger partial charge >= 0.3 is 5.97 Å². The maximum absolute atomic E-state index is 10.2. The number of halogens is 2. The minimum absolute atomic E-state index is 0.351. The van der Waals surface area contributed by atoms with Crippen molar-refractivity contribution in [1.29, 1.82) is 0 Å². The molecule has 1 aromatic rings. The van der Waals surface area contributed by atoms with Crippen LogP contribution in [0.15, 0.2) is 30.4 Å². The number of carbonyl (C=O) groups is 1. The lowest BCUT2D eigenvalue weighted by atomic mass is 10.3. The molecule has 1 aromatic carbocycles. The smallest absolute Gasteiger partial charge is 0.327 e. The highest BCUT2D eigenvalue weighted by atomic mass is 35.5. The van der Waals surface area contributed by atoms with Gasteiger partial charge in [-0.05, 0) is 18.6 Å². The van der Waals surface area contributed by atoms with E-state index in [-0.39, 0.29) is 0 Å². The van der Waals surface area contributed by atoms with Crippen LogP contribution in [0.2, 0.25) is 10.0 Å². The first-order valence-electron chi connectivity index (χ1n) is 4.57. The van der Waals surface area contributed by atoms with Crippen molar-refractivity contribution in [2.45, 2.75) is 6.42 Å². The second-order valence-electron chi connectivity index (χ2n) is 2.95. The van der Waals surface area contributed by atoms with E-state index in [4.69, 9.17) is 33.0 Å². The van der Waals surface area contributed by atoms with Gasteiger partial charge in [0.15, 0.2) is 0 Å². The summed E-state index contributed by atoms with van der Waals surface area (Å²) in [6.07, 6.45) is 3.08. The molecular formula is C11H10Cl2O3. The molecule has 0 aliphatic carbocycles. The quantitative estimate of drug-likeness (QED) is 0.652. The van der Waals surface area contributed by atoms with E-state index in [1.165, 1.54) is 6.08 Å². The Kier molecular flexibility index (Phi) is 5.15. The Labute approximate surface area is 103 Å². The number of benzene rings is 1. The highest BCUT2D eigenvalue weighted by Gasteiger charge is 2.01. The zero-order chi connectivity index (χ0) is 12.0. The average Bonchev–Trinajstić information content (AvgIpc) is 2.22. The highest BCUT2D eigenvalue weighted by molar-refractivity contribution is 6.34. The lowest BCUT2D eigenvalue weighted by molar-refractivity contribution is -0.131. The summed E-state index contributed by atoms with van der Waals surface area (Å²) >= 11 is 11.6. The fourth-order valence-corrected chi connectivity index (χ4v) is 1.34. The fourth-order valence-electron chi connectivity index (χ4n) is 1.01. The molecule has 0 atom stereocenters. The number of rotatable bonds is 5. The molecule has 0 fully saturated rings. The summed E-state index contributed by atoms with van der Waals surface area (Å²) in [5, 5.41) is 9.36. The predicted molar refractivity (Wildman–Crippen MR) is 63.3 cm³/mol. The fraction of sp³-hybridized carbons (Fsp3) is 0.182. The topological polar surface area (TPSA) is 46.5 Å². The molecule has 0 aliphatic rings. The van der Waals surface area contributed by atoms with Gasteiger partial charge in [0.25, 0.3) is 0 Å². The highest BCUT2D eigenvalue weighted by Crippen LogP contribution is 2.27. The maximum atomic E-state index is 10.2. The van der Waals surface area contributed by atoms with Crippen LogP contribution in [-0.4, -0.2) is 17.7 Å². The summed E-state index contributed by atoms with van der Waals surface area (Å²) < 4.78 is 5.34. The van der Waals surface area contributed by atoms with E-state index in [9.17, 15) is 4.79 Å². The van der Waals surface area contributed by atoms with E-state index in [1.54, 1.807) is 18.2 Å². The van der Waals surface area contributed by atoms with Gasteiger partial charge in [0.2, 0.25) is 0 Å². The Morgan fingerprint density at radius 3 is 2.88 bits per heavy atom. The van der Waals surface area contributed by atoms with Crippen molar-refractivity contribution >= 4 is 29.2 Å². The van der Waals surface area contributed by atoms with Crippen LogP contribution in [0.3, 0.4) is 0 Å². The minimum atomic E-state index is -0.971. The summed E-state index contributed by atoms with van der Waals surface area (Å²) in [4.78, 5) is 10.2. The van der Waals surface area contributed by atoms with Gasteiger partial charge in [-0.3, -0.25) is 0 Å². The van der Waals surface area contributed by atoms with Crippen LogP contribution < -0.4 is 4.74 Å². The third-order valence-electron chi connectivity index (χ3n) is 1.70. The standard InChI is InChI=1S/C11H10Cl2O3/c12-8-4-5-9(13)10(7-8)16-6-2-1-3-11(14)15/h1,3-5,7H,2,6H2,(H,14,15)/b3-1+. The van der Waals surface area contributed by atoms with Crippen LogP contribution in [0.5, 0.6) is 5.75 Å². The molecule has 0 bridgehead atoms. The Morgan fingerprint density at radius 2 is 2.19 bits per heavy atom. The number of hydrogen-bond acceptors (Lipinski definition) is 2. The van der Waals surface area contributed by atoms with Crippen molar-refractivity contribution < 1.29 is 14.6 Å². The average molecular weight is 261 g/mol. The molecule has 5 heteroatoms. The van der Waals surface area contributed by atoms with E-state index < -0.39 is 5.97 Å². The molecule has 0 heterocycles. The second-order valence-corrected chi connectivity index (χ2v) is 3.80. The van der Waals surface area contributed by atoms with Crippen LogP contribution in [-0.2, 0) is 4.79 Å². The largest absolute Gasteiger partial charge is 0.492 e. The van der Waals surface area contributed by atoms with Gasteiger partial charge in [0.05, 0.1) is 11.6 Å². The Balaban J connectivity index is 2.43. The lowest BCUT2D eigenvalue weighted by Crippen LogP contribution is -1.97. The lowest BCUT2D eigenvalue weighted by Gasteiger charge is -2.06. The summed E-state index contributed by atoms with van der Waals surface area (Å²) in [5.74, 6) is -0.473. The summed E-state index contributed by atoms with van der Waals surface area (Å²) in [7, 11) is 0. The third kappa shape index (κ3) is 4.55. The van der Waals surface area contributed by atoms with Crippen molar-refractivity contribution in [2.24, 2.45) is 0 Å². The van der Waals surface area contributed by atoms with Gasteiger partial charge in [-0.15, -0.1) is 0 Å². The predicted octanol–water partition coefficient (Wildman–Crippen LogP) is 3.40. The molecule has 0 spiro atoms. The minimum Gasteiger partial charge on any atom is -0.492 e.